The Morgan fingerprint density at radius 1 is 1.10 bits per heavy atom. The molecule has 2 aliphatic rings. The summed E-state index contributed by atoms with van der Waals surface area (Å²) in [7, 11) is 0. The Labute approximate surface area is 179 Å². The van der Waals surface area contributed by atoms with Crippen molar-refractivity contribution >= 4 is 22.8 Å². The highest BCUT2D eigenvalue weighted by molar-refractivity contribution is 5.98. The van der Waals surface area contributed by atoms with Crippen LogP contribution >= 0.6 is 0 Å². The molecule has 1 aromatic carbocycles. The van der Waals surface area contributed by atoms with E-state index in [1.807, 2.05) is 11.0 Å². The number of H-pyrrole nitrogens is 1. The number of halogens is 1. The van der Waals surface area contributed by atoms with Crippen molar-refractivity contribution in [2.24, 2.45) is 0 Å². The summed E-state index contributed by atoms with van der Waals surface area (Å²) >= 11 is 0. The number of aromatic amines is 1. The van der Waals surface area contributed by atoms with Crippen LogP contribution in [-0.2, 0) is 4.79 Å². The van der Waals surface area contributed by atoms with Crippen molar-refractivity contribution in [2.75, 3.05) is 19.6 Å². The van der Waals surface area contributed by atoms with Gasteiger partial charge in [-0.2, -0.15) is 0 Å². The van der Waals surface area contributed by atoms with E-state index in [-0.39, 0.29) is 17.4 Å². The van der Waals surface area contributed by atoms with Gasteiger partial charge in [-0.25, -0.2) is 9.37 Å². The predicted molar refractivity (Wildman–Crippen MR) is 113 cm³/mol. The Kier molecular flexibility index (Phi) is 5.13. The van der Waals surface area contributed by atoms with Gasteiger partial charge < -0.3 is 14.8 Å². The highest BCUT2D eigenvalue weighted by Crippen LogP contribution is 2.29. The molecule has 8 heteroatoms. The number of nitrogens with one attached hydrogen (secondary N) is 1. The molecular weight excluding hydrogens is 397 g/mol. The molecule has 4 heterocycles. The van der Waals surface area contributed by atoms with Crippen LogP contribution in [0.2, 0.25) is 0 Å². The van der Waals surface area contributed by atoms with Crippen molar-refractivity contribution in [3.8, 4) is 0 Å². The lowest BCUT2D eigenvalue weighted by atomic mass is 9.96. The Balaban J connectivity index is 1.33. The van der Waals surface area contributed by atoms with Gasteiger partial charge in [0, 0.05) is 31.7 Å². The van der Waals surface area contributed by atoms with Crippen LogP contribution in [0.5, 0.6) is 0 Å². The van der Waals surface area contributed by atoms with Gasteiger partial charge in [-0.05, 0) is 43.9 Å². The molecule has 1 N–H and O–H groups in total. The monoisotopic (exact) mass is 421 g/mol. The topological polar surface area (TPSA) is 82.2 Å². The van der Waals surface area contributed by atoms with Crippen molar-refractivity contribution in [3.63, 3.8) is 0 Å². The minimum Gasteiger partial charge on any atom is -0.340 e. The van der Waals surface area contributed by atoms with E-state index in [2.05, 4.69) is 15.0 Å². The first kappa shape index (κ1) is 19.7. The lowest BCUT2D eigenvalue weighted by Crippen LogP contribution is -2.50. The van der Waals surface area contributed by atoms with Gasteiger partial charge in [0.2, 0.25) is 5.91 Å². The molecule has 0 saturated carbocycles. The number of carbonyl (C=O) groups excluding carboxylic acids is 2. The first-order valence-corrected chi connectivity index (χ1v) is 10.8. The van der Waals surface area contributed by atoms with Gasteiger partial charge in [0.25, 0.3) is 5.91 Å². The van der Waals surface area contributed by atoms with Crippen molar-refractivity contribution in [3.05, 3.63) is 59.9 Å². The average molecular weight is 421 g/mol. The number of pyridine rings is 1. The molecule has 31 heavy (non-hydrogen) atoms. The number of hydrogen-bond donors (Lipinski definition) is 1. The van der Waals surface area contributed by atoms with E-state index in [0.29, 0.717) is 26.1 Å². The molecule has 0 spiro atoms. The van der Waals surface area contributed by atoms with E-state index in [1.165, 1.54) is 17.0 Å². The third-order valence-electron chi connectivity index (χ3n) is 6.32. The first-order chi connectivity index (χ1) is 15.1. The van der Waals surface area contributed by atoms with Gasteiger partial charge in [-0.1, -0.05) is 12.1 Å². The van der Waals surface area contributed by atoms with Crippen LogP contribution in [0.4, 0.5) is 4.39 Å². The maximum absolute atomic E-state index is 14.1. The van der Waals surface area contributed by atoms with Crippen molar-refractivity contribution < 1.29 is 14.0 Å². The maximum atomic E-state index is 14.1. The number of hydrogen-bond acceptors (Lipinski definition) is 4. The molecule has 2 saturated heterocycles. The Bertz CT molecular complexity index is 1100. The third kappa shape index (κ3) is 3.66. The molecule has 3 aromatic rings. The number of fused-ring (bicyclic) bond motifs is 1. The summed E-state index contributed by atoms with van der Waals surface area (Å²) in [4.78, 5) is 41.8. The largest absolute Gasteiger partial charge is 0.340 e. The lowest BCUT2D eigenvalue weighted by molar-refractivity contribution is -0.136. The summed E-state index contributed by atoms with van der Waals surface area (Å²) in [6.07, 6.45) is 6.63. The Hall–Kier alpha value is -3.29. The second-order valence-corrected chi connectivity index (χ2v) is 8.27. The molecule has 160 valence electrons. The Morgan fingerprint density at radius 2 is 1.94 bits per heavy atom. The minimum absolute atomic E-state index is 0.0228. The van der Waals surface area contributed by atoms with Crippen molar-refractivity contribution in [1.29, 1.82) is 0 Å². The van der Waals surface area contributed by atoms with E-state index in [9.17, 15) is 14.0 Å². The van der Waals surface area contributed by atoms with E-state index in [1.54, 1.807) is 24.5 Å². The first-order valence-electron chi connectivity index (χ1n) is 10.8. The highest BCUT2D eigenvalue weighted by atomic mass is 19.1. The standard InChI is InChI=1S/C23H24FN5O2/c24-17-7-2-1-6-16(17)22(30)29-12-4-8-20(29)23(31)28-11-3-5-15(14-28)21-26-18-9-10-25-13-19(18)27-21/h1-2,6-7,9-10,13,15,20H,3-5,8,11-12,14H2,(H,26,27)/t15?,20-/m1/s1. The lowest BCUT2D eigenvalue weighted by Gasteiger charge is -2.35. The molecular formula is C23H24FN5O2. The molecule has 2 fully saturated rings. The van der Waals surface area contributed by atoms with Crippen LogP contribution < -0.4 is 0 Å². The van der Waals surface area contributed by atoms with Gasteiger partial charge in [-0.3, -0.25) is 14.6 Å². The van der Waals surface area contributed by atoms with Gasteiger partial charge in [-0.15, -0.1) is 0 Å². The van der Waals surface area contributed by atoms with E-state index >= 15 is 0 Å². The van der Waals surface area contributed by atoms with Crippen LogP contribution in [0.3, 0.4) is 0 Å². The van der Waals surface area contributed by atoms with E-state index < -0.39 is 17.8 Å². The molecule has 0 bridgehead atoms. The Morgan fingerprint density at radius 3 is 2.77 bits per heavy atom. The van der Waals surface area contributed by atoms with Crippen molar-refractivity contribution in [1.82, 2.24) is 24.8 Å². The van der Waals surface area contributed by atoms with Crippen LogP contribution in [0.25, 0.3) is 11.0 Å². The predicted octanol–water partition coefficient (Wildman–Crippen LogP) is 3.11. The fourth-order valence-corrected chi connectivity index (χ4v) is 4.74. The van der Waals surface area contributed by atoms with Crippen LogP contribution in [0.15, 0.2) is 42.7 Å². The van der Waals surface area contributed by atoms with Gasteiger partial charge in [0.15, 0.2) is 0 Å². The summed E-state index contributed by atoms with van der Waals surface area (Å²) in [6, 6.07) is 7.28. The smallest absolute Gasteiger partial charge is 0.257 e. The van der Waals surface area contributed by atoms with Gasteiger partial charge in [0.05, 0.1) is 22.8 Å². The number of rotatable bonds is 3. The number of piperidine rings is 1. The molecule has 0 aliphatic carbocycles. The van der Waals surface area contributed by atoms with E-state index in [4.69, 9.17) is 0 Å². The molecule has 7 nitrogen and oxygen atoms in total. The van der Waals surface area contributed by atoms with Gasteiger partial charge >= 0.3 is 0 Å². The van der Waals surface area contributed by atoms with E-state index in [0.717, 1.165) is 36.1 Å². The molecule has 1 unspecified atom stereocenters. The zero-order valence-electron chi connectivity index (χ0n) is 17.1. The van der Waals surface area contributed by atoms with Crippen LogP contribution in [0, 0.1) is 5.82 Å². The molecule has 5 rings (SSSR count). The molecule has 2 aliphatic heterocycles. The average Bonchev–Trinajstić information content (AvgIpc) is 3.46. The molecule has 2 aromatic heterocycles. The molecule has 0 radical (unpaired) electrons. The fraction of sp³-hybridized carbons (Fsp3) is 0.391. The minimum atomic E-state index is -0.553. The number of likely N-dealkylation sites (tertiary alicyclic amines) is 2. The number of carbonyl (C=O) groups is 2. The second-order valence-electron chi connectivity index (χ2n) is 8.27. The number of benzene rings is 1. The SMILES string of the molecule is O=C([C@H]1CCCN1C(=O)c1ccccc1F)N1CCCC(c2nc3ccncc3[nH]2)C1. The number of aromatic nitrogens is 3. The fourth-order valence-electron chi connectivity index (χ4n) is 4.74. The second kappa shape index (κ2) is 8.09. The van der Waals surface area contributed by atoms with Crippen LogP contribution in [0.1, 0.15) is 47.8 Å². The third-order valence-corrected chi connectivity index (χ3v) is 6.32. The molecule has 2 atom stereocenters. The number of imidazole rings is 1. The summed E-state index contributed by atoms with van der Waals surface area (Å²) in [5.74, 6) is -0.0339. The summed E-state index contributed by atoms with van der Waals surface area (Å²) < 4.78 is 14.1. The summed E-state index contributed by atoms with van der Waals surface area (Å²) in [6.45, 7) is 1.69. The van der Waals surface area contributed by atoms with Crippen LogP contribution in [-0.4, -0.2) is 62.2 Å². The summed E-state index contributed by atoms with van der Waals surface area (Å²) in [5.41, 5.74) is 1.78. The highest BCUT2D eigenvalue weighted by Gasteiger charge is 2.39. The number of amides is 2. The zero-order chi connectivity index (χ0) is 21.4. The maximum Gasteiger partial charge on any atom is 0.257 e. The van der Waals surface area contributed by atoms with Crippen molar-refractivity contribution in [2.45, 2.75) is 37.6 Å². The quantitative estimate of drug-likeness (QED) is 0.705. The zero-order valence-corrected chi connectivity index (χ0v) is 17.1. The number of nitrogens with zero attached hydrogens (tertiary/aromatic N) is 4. The van der Waals surface area contributed by atoms with Gasteiger partial charge in [0.1, 0.15) is 17.7 Å². The summed E-state index contributed by atoms with van der Waals surface area (Å²) in [5, 5.41) is 0. The molecule has 2 amide bonds. The normalized spacial score (nSPS) is 21.6.